The number of esters is 1. The first-order valence-electron chi connectivity index (χ1n) is 11.9. The Kier molecular flexibility index (Phi) is 10.2. The summed E-state index contributed by atoms with van der Waals surface area (Å²) in [7, 11) is 1.58. The molecule has 7 nitrogen and oxygen atoms in total. The Morgan fingerprint density at radius 3 is 2.56 bits per heavy atom. The molecule has 1 aliphatic rings. The number of aryl methyl sites for hydroxylation is 1. The summed E-state index contributed by atoms with van der Waals surface area (Å²) in [4.78, 5) is 28.9. The number of unbranched alkanes of at least 4 members (excludes halogenated alkanes) is 2. The fourth-order valence-electron chi connectivity index (χ4n) is 3.59. The lowest BCUT2D eigenvalue weighted by molar-refractivity contribution is -0.151. The van der Waals surface area contributed by atoms with Gasteiger partial charge in [0.15, 0.2) is 11.7 Å². The van der Waals surface area contributed by atoms with E-state index in [-0.39, 0.29) is 29.3 Å². The molecule has 1 aromatic heterocycles. The summed E-state index contributed by atoms with van der Waals surface area (Å²) < 4.78 is 16.9. The minimum atomic E-state index is -0.531. The maximum atomic E-state index is 12.4. The van der Waals surface area contributed by atoms with Gasteiger partial charge in [-0.05, 0) is 43.0 Å². The number of thioether (sulfide) groups is 1. The first-order chi connectivity index (χ1) is 16.5. The first-order valence-corrected chi connectivity index (χ1v) is 12.8. The van der Waals surface area contributed by atoms with Crippen LogP contribution in [0.3, 0.4) is 0 Å². The maximum absolute atomic E-state index is 12.4. The average molecular weight is 487 g/mol. The molecule has 34 heavy (non-hydrogen) atoms. The monoisotopic (exact) mass is 486 g/mol. The lowest BCUT2D eigenvalue weighted by Crippen LogP contribution is -2.29. The third-order valence-corrected chi connectivity index (χ3v) is 6.91. The number of hydrogen-bond acceptors (Lipinski definition) is 7. The van der Waals surface area contributed by atoms with E-state index in [1.54, 1.807) is 13.3 Å². The Bertz CT molecular complexity index is 920. The number of aromatic nitrogens is 1. The Hall–Kier alpha value is -2.58. The van der Waals surface area contributed by atoms with Crippen molar-refractivity contribution in [2.45, 2.75) is 69.3 Å². The van der Waals surface area contributed by atoms with Gasteiger partial charge in [0.05, 0.1) is 5.25 Å². The van der Waals surface area contributed by atoms with Crippen LogP contribution < -0.4 is 10.1 Å². The van der Waals surface area contributed by atoms with Crippen molar-refractivity contribution in [3.8, 4) is 5.75 Å². The van der Waals surface area contributed by atoms with E-state index in [2.05, 4.69) is 17.2 Å². The van der Waals surface area contributed by atoms with E-state index in [4.69, 9.17) is 14.2 Å². The van der Waals surface area contributed by atoms with Crippen LogP contribution in [0.25, 0.3) is 0 Å². The summed E-state index contributed by atoms with van der Waals surface area (Å²) in [5, 5.41) is 2.63. The van der Waals surface area contributed by atoms with E-state index in [1.807, 2.05) is 43.3 Å². The highest BCUT2D eigenvalue weighted by Gasteiger charge is 2.32. The van der Waals surface area contributed by atoms with Gasteiger partial charge in [-0.3, -0.25) is 14.6 Å². The van der Waals surface area contributed by atoms with Crippen LogP contribution in [0.2, 0.25) is 0 Å². The molecule has 3 atom stereocenters. The number of amides is 1. The zero-order chi connectivity index (χ0) is 24.3. The van der Waals surface area contributed by atoms with Crippen molar-refractivity contribution in [3.63, 3.8) is 0 Å². The van der Waals surface area contributed by atoms with Gasteiger partial charge in [-0.1, -0.05) is 56.7 Å². The number of rotatable bonds is 13. The SMILES string of the molecule is CCCCCC(=O)O[C@@H](COc1ccc(CC2SC(OC)NC2=O)cc1)c1ccc(CC)nc1. The molecule has 0 radical (unpaired) electrons. The Labute approximate surface area is 206 Å². The van der Waals surface area contributed by atoms with Gasteiger partial charge in [-0.25, -0.2) is 0 Å². The number of nitrogens with one attached hydrogen (secondary N) is 1. The zero-order valence-corrected chi connectivity index (χ0v) is 20.9. The normalized spacial score (nSPS) is 18.4. The van der Waals surface area contributed by atoms with Crippen molar-refractivity contribution >= 4 is 23.6 Å². The van der Waals surface area contributed by atoms with Crippen LogP contribution in [0.4, 0.5) is 0 Å². The highest BCUT2D eigenvalue weighted by molar-refractivity contribution is 8.01. The fourth-order valence-corrected chi connectivity index (χ4v) is 4.66. The molecule has 1 saturated heterocycles. The van der Waals surface area contributed by atoms with E-state index in [1.165, 1.54) is 11.8 Å². The van der Waals surface area contributed by atoms with E-state index >= 15 is 0 Å². The molecular formula is C26H34N2O5S. The van der Waals surface area contributed by atoms with Crippen molar-refractivity contribution in [1.29, 1.82) is 0 Å². The molecule has 0 bridgehead atoms. The Morgan fingerprint density at radius 2 is 1.94 bits per heavy atom. The molecule has 0 spiro atoms. The lowest BCUT2D eigenvalue weighted by Gasteiger charge is -2.19. The summed E-state index contributed by atoms with van der Waals surface area (Å²) >= 11 is 1.48. The van der Waals surface area contributed by atoms with Crippen molar-refractivity contribution in [3.05, 3.63) is 59.4 Å². The molecule has 1 aliphatic heterocycles. The van der Waals surface area contributed by atoms with Crippen LogP contribution in [0.5, 0.6) is 5.75 Å². The summed E-state index contributed by atoms with van der Waals surface area (Å²) in [5.41, 5.74) is 2.55. The van der Waals surface area contributed by atoms with Gasteiger partial charge in [-0.2, -0.15) is 0 Å². The van der Waals surface area contributed by atoms with Gasteiger partial charge < -0.3 is 19.5 Å². The highest BCUT2D eigenvalue weighted by Crippen LogP contribution is 2.28. The fraction of sp³-hybridized carbons (Fsp3) is 0.500. The molecule has 3 rings (SSSR count). The molecule has 2 unspecified atom stereocenters. The van der Waals surface area contributed by atoms with E-state index < -0.39 is 6.10 Å². The first kappa shape index (κ1) is 26.0. The van der Waals surface area contributed by atoms with Crippen LogP contribution in [0.1, 0.15) is 62.5 Å². The van der Waals surface area contributed by atoms with Crippen LogP contribution in [-0.2, 0) is 31.9 Å². The number of ether oxygens (including phenoxy) is 3. The molecule has 2 heterocycles. The number of hydrogen-bond donors (Lipinski definition) is 1. The Balaban J connectivity index is 1.59. The summed E-state index contributed by atoms with van der Waals surface area (Å²) in [6.45, 7) is 4.35. The molecular weight excluding hydrogens is 452 g/mol. The Morgan fingerprint density at radius 1 is 1.15 bits per heavy atom. The highest BCUT2D eigenvalue weighted by atomic mass is 32.2. The van der Waals surface area contributed by atoms with Crippen molar-refractivity contribution in [2.75, 3.05) is 13.7 Å². The summed E-state index contributed by atoms with van der Waals surface area (Å²) in [6.07, 6.45) is 5.96. The van der Waals surface area contributed by atoms with Crippen LogP contribution >= 0.6 is 11.8 Å². The number of pyridine rings is 1. The average Bonchev–Trinajstić information content (AvgIpc) is 3.22. The molecule has 184 valence electrons. The van der Waals surface area contributed by atoms with Crippen molar-refractivity contribution in [2.24, 2.45) is 0 Å². The quantitative estimate of drug-likeness (QED) is 0.327. The summed E-state index contributed by atoms with van der Waals surface area (Å²) in [6, 6.07) is 11.5. The smallest absolute Gasteiger partial charge is 0.306 e. The minimum Gasteiger partial charge on any atom is -0.489 e. The summed E-state index contributed by atoms with van der Waals surface area (Å²) in [5.74, 6) is 0.439. The van der Waals surface area contributed by atoms with Gasteiger partial charge >= 0.3 is 5.97 Å². The molecule has 1 aromatic carbocycles. The minimum absolute atomic E-state index is 0.0107. The molecule has 1 fully saturated rings. The number of carbonyl (C=O) groups is 2. The standard InChI is InChI=1S/C26H34N2O5S/c1-4-6-7-8-24(29)33-22(19-11-12-20(5-2)27-16-19)17-32-21-13-9-18(10-14-21)15-23-25(30)28-26(31-3)34-23/h9-14,16,22-23,26H,4-8,15,17H2,1-3H3,(H,28,30)/t22-,23?,26?/m0/s1. The van der Waals surface area contributed by atoms with Gasteiger partial charge in [0.1, 0.15) is 12.4 Å². The lowest BCUT2D eigenvalue weighted by atomic mass is 10.1. The zero-order valence-electron chi connectivity index (χ0n) is 20.1. The molecule has 0 saturated carbocycles. The number of carbonyl (C=O) groups excluding carboxylic acids is 2. The van der Waals surface area contributed by atoms with Crippen LogP contribution in [0.15, 0.2) is 42.6 Å². The molecule has 0 aliphatic carbocycles. The van der Waals surface area contributed by atoms with Gasteiger partial charge in [0, 0.05) is 31.0 Å². The predicted molar refractivity (Wildman–Crippen MR) is 133 cm³/mol. The van der Waals surface area contributed by atoms with E-state index in [9.17, 15) is 9.59 Å². The largest absolute Gasteiger partial charge is 0.489 e. The van der Waals surface area contributed by atoms with Gasteiger partial charge in [0.2, 0.25) is 5.91 Å². The van der Waals surface area contributed by atoms with Crippen molar-refractivity contribution < 1.29 is 23.8 Å². The number of nitrogens with zero attached hydrogens (tertiary/aromatic N) is 1. The topological polar surface area (TPSA) is 86.8 Å². The molecule has 2 aromatic rings. The van der Waals surface area contributed by atoms with Crippen molar-refractivity contribution in [1.82, 2.24) is 10.3 Å². The molecule has 1 N–H and O–H groups in total. The van der Waals surface area contributed by atoms with Crippen LogP contribution in [-0.4, -0.2) is 41.4 Å². The number of benzene rings is 1. The number of methoxy groups -OCH3 is 1. The van der Waals surface area contributed by atoms with E-state index in [0.29, 0.717) is 18.6 Å². The molecule has 8 heteroatoms. The third kappa shape index (κ3) is 7.74. The van der Waals surface area contributed by atoms with Crippen LogP contribution in [0, 0.1) is 0 Å². The second-order valence-corrected chi connectivity index (χ2v) is 9.50. The van der Waals surface area contributed by atoms with Gasteiger partial charge in [0.25, 0.3) is 0 Å². The maximum Gasteiger partial charge on any atom is 0.306 e. The van der Waals surface area contributed by atoms with E-state index in [0.717, 1.165) is 42.5 Å². The second-order valence-electron chi connectivity index (χ2n) is 8.23. The second kappa shape index (κ2) is 13.3. The van der Waals surface area contributed by atoms with Gasteiger partial charge in [-0.15, -0.1) is 0 Å². The third-order valence-electron chi connectivity index (χ3n) is 5.64. The predicted octanol–water partition coefficient (Wildman–Crippen LogP) is 4.59. The molecule has 1 amide bonds.